The van der Waals surface area contributed by atoms with Crippen molar-refractivity contribution in [3.8, 4) is 11.3 Å². The van der Waals surface area contributed by atoms with E-state index in [0.717, 1.165) is 17.1 Å². The summed E-state index contributed by atoms with van der Waals surface area (Å²) in [7, 11) is 2.13. The molecule has 1 fully saturated rings. The van der Waals surface area contributed by atoms with Crippen LogP contribution in [0.5, 0.6) is 0 Å². The van der Waals surface area contributed by atoms with Crippen LogP contribution >= 0.6 is 0 Å². The van der Waals surface area contributed by atoms with Gasteiger partial charge in [-0.2, -0.15) is 14.6 Å². The van der Waals surface area contributed by atoms with Gasteiger partial charge in [-0.25, -0.2) is 4.98 Å². The van der Waals surface area contributed by atoms with Crippen molar-refractivity contribution in [1.29, 1.82) is 0 Å². The van der Waals surface area contributed by atoms with E-state index in [1.807, 2.05) is 22.7 Å². The Morgan fingerprint density at radius 3 is 2.64 bits per heavy atom. The Labute approximate surface area is 129 Å². The van der Waals surface area contributed by atoms with Crippen molar-refractivity contribution in [3.05, 3.63) is 42.7 Å². The lowest BCUT2D eigenvalue weighted by Gasteiger charge is -2.22. The standard InChI is InChI=1S/C17H19N5/c1-17(2)10-14(17)21(3)15-9-13(12-7-5-4-6-8-12)20-16-18-11-19-22(15)16/h4-9,11,14H,10H2,1-3H3. The van der Waals surface area contributed by atoms with E-state index >= 15 is 0 Å². The molecule has 22 heavy (non-hydrogen) atoms. The van der Waals surface area contributed by atoms with Crippen molar-refractivity contribution < 1.29 is 0 Å². The average Bonchev–Trinajstić information content (AvgIpc) is 2.95. The first-order valence-corrected chi connectivity index (χ1v) is 7.55. The van der Waals surface area contributed by atoms with E-state index in [1.54, 1.807) is 6.33 Å². The lowest BCUT2D eigenvalue weighted by atomic mass is 10.1. The molecule has 0 N–H and O–H groups in total. The van der Waals surface area contributed by atoms with E-state index < -0.39 is 0 Å². The highest BCUT2D eigenvalue weighted by atomic mass is 15.4. The summed E-state index contributed by atoms with van der Waals surface area (Å²) >= 11 is 0. The van der Waals surface area contributed by atoms with Crippen molar-refractivity contribution in [3.63, 3.8) is 0 Å². The number of nitrogens with zero attached hydrogens (tertiary/aromatic N) is 5. The lowest BCUT2D eigenvalue weighted by molar-refractivity contribution is 0.599. The Kier molecular flexibility index (Phi) is 2.73. The number of aromatic nitrogens is 4. The zero-order chi connectivity index (χ0) is 15.3. The number of benzene rings is 1. The third-order valence-electron chi connectivity index (χ3n) is 4.59. The molecule has 1 saturated carbocycles. The molecule has 0 amide bonds. The van der Waals surface area contributed by atoms with Gasteiger partial charge in [0.1, 0.15) is 12.1 Å². The minimum absolute atomic E-state index is 0.359. The third kappa shape index (κ3) is 2.04. The van der Waals surface area contributed by atoms with Crippen molar-refractivity contribution in [1.82, 2.24) is 19.6 Å². The molecule has 4 rings (SSSR count). The van der Waals surface area contributed by atoms with Gasteiger partial charge in [0.05, 0.1) is 5.69 Å². The third-order valence-corrected chi connectivity index (χ3v) is 4.59. The van der Waals surface area contributed by atoms with E-state index in [2.05, 4.69) is 59.1 Å². The van der Waals surface area contributed by atoms with Gasteiger partial charge in [0.2, 0.25) is 0 Å². The smallest absolute Gasteiger partial charge is 0.254 e. The second-order valence-corrected chi connectivity index (χ2v) is 6.66. The van der Waals surface area contributed by atoms with Crippen LogP contribution in [0.15, 0.2) is 42.7 Å². The fourth-order valence-corrected chi connectivity index (χ4v) is 3.06. The highest BCUT2D eigenvalue weighted by molar-refractivity contribution is 5.66. The molecule has 0 bridgehead atoms. The van der Waals surface area contributed by atoms with Crippen molar-refractivity contribution in [2.24, 2.45) is 5.41 Å². The van der Waals surface area contributed by atoms with Gasteiger partial charge in [-0.1, -0.05) is 44.2 Å². The SMILES string of the molecule is CN(c1cc(-c2ccccc2)nc2ncnn12)C1CC1(C)C. The molecule has 1 aliphatic carbocycles. The lowest BCUT2D eigenvalue weighted by Crippen LogP contribution is -2.26. The molecule has 2 aromatic heterocycles. The molecule has 2 heterocycles. The second kappa shape index (κ2) is 4.53. The van der Waals surface area contributed by atoms with Crippen LogP contribution in [0.3, 0.4) is 0 Å². The predicted octanol–water partition coefficient (Wildman–Crippen LogP) is 3.03. The van der Waals surface area contributed by atoms with E-state index in [0.29, 0.717) is 17.2 Å². The number of anilines is 1. The molecular weight excluding hydrogens is 274 g/mol. The summed E-state index contributed by atoms with van der Waals surface area (Å²) in [6.45, 7) is 4.60. The minimum Gasteiger partial charge on any atom is -0.356 e. The second-order valence-electron chi connectivity index (χ2n) is 6.66. The van der Waals surface area contributed by atoms with Gasteiger partial charge in [-0.15, -0.1) is 0 Å². The molecule has 0 spiro atoms. The van der Waals surface area contributed by atoms with Crippen LogP contribution < -0.4 is 4.90 Å². The number of fused-ring (bicyclic) bond motifs is 1. The number of rotatable bonds is 3. The van der Waals surface area contributed by atoms with Crippen LogP contribution in [0.2, 0.25) is 0 Å². The summed E-state index contributed by atoms with van der Waals surface area (Å²) in [5.74, 6) is 1.68. The monoisotopic (exact) mass is 293 g/mol. The summed E-state index contributed by atoms with van der Waals surface area (Å²) in [6, 6.07) is 12.8. The molecule has 0 saturated heterocycles. The fourth-order valence-electron chi connectivity index (χ4n) is 3.06. The van der Waals surface area contributed by atoms with Crippen LogP contribution in [0.25, 0.3) is 17.0 Å². The molecule has 0 radical (unpaired) electrons. The minimum atomic E-state index is 0.359. The van der Waals surface area contributed by atoms with Crippen LogP contribution in [0.1, 0.15) is 20.3 Å². The first-order chi connectivity index (χ1) is 10.6. The fraction of sp³-hybridized carbons (Fsp3) is 0.353. The molecule has 1 atom stereocenters. The van der Waals surface area contributed by atoms with E-state index in [-0.39, 0.29) is 0 Å². The molecule has 5 heteroatoms. The Bertz CT molecular complexity index is 821. The largest absolute Gasteiger partial charge is 0.356 e. The van der Waals surface area contributed by atoms with Gasteiger partial charge in [0.25, 0.3) is 5.78 Å². The Balaban J connectivity index is 1.85. The van der Waals surface area contributed by atoms with Crippen LogP contribution in [-0.4, -0.2) is 32.7 Å². The maximum Gasteiger partial charge on any atom is 0.254 e. The van der Waals surface area contributed by atoms with Crippen molar-refractivity contribution >= 4 is 11.6 Å². The molecule has 1 aromatic carbocycles. The van der Waals surface area contributed by atoms with E-state index in [9.17, 15) is 0 Å². The first-order valence-electron chi connectivity index (χ1n) is 7.55. The summed E-state index contributed by atoms with van der Waals surface area (Å²) in [4.78, 5) is 11.2. The topological polar surface area (TPSA) is 46.3 Å². The van der Waals surface area contributed by atoms with Crippen molar-refractivity contribution in [2.45, 2.75) is 26.3 Å². The number of hydrogen-bond donors (Lipinski definition) is 0. The van der Waals surface area contributed by atoms with E-state index in [1.165, 1.54) is 6.42 Å². The van der Waals surface area contributed by atoms with Gasteiger partial charge in [0.15, 0.2) is 0 Å². The number of hydrogen-bond acceptors (Lipinski definition) is 4. The highest BCUT2D eigenvalue weighted by Gasteiger charge is 2.49. The maximum atomic E-state index is 4.63. The summed E-state index contributed by atoms with van der Waals surface area (Å²) in [5, 5.41) is 4.33. The Morgan fingerprint density at radius 1 is 1.23 bits per heavy atom. The maximum absolute atomic E-state index is 4.63. The molecule has 1 aliphatic rings. The zero-order valence-electron chi connectivity index (χ0n) is 13.1. The normalized spacial score (nSPS) is 19.3. The van der Waals surface area contributed by atoms with Gasteiger partial charge >= 0.3 is 0 Å². The van der Waals surface area contributed by atoms with E-state index in [4.69, 9.17) is 0 Å². The first kappa shape index (κ1) is 13.2. The Morgan fingerprint density at radius 2 is 1.95 bits per heavy atom. The summed E-state index contributed by atoms with van der Waals surface area (Å²) in [6.07, 6.45) is 2.76. The molecule has 5 nitrogen and oxygen atoms in total. The van der Waals surface area contributed by atoms with Gasteiger partial charge in [-0.05, 0) is 11.8 Å². The summed E-state index contributed by atoms with van der Waals surface area (Å²) < 4.78 is 1.82. The molecule has 112 valence electrons. The molecular formula is C17H19N5. The average molecular weight is 293 g/mol. The highest BCUT2D eigenvalue weighted by Crippen LogP contribution is 2.49. The van der Waals surface area contributed by atoms with Crippen molar-refractivity contribution in [2.75, 3.05) is 11.9 Å². The summed E-state index contributed by atoms with van der Waals surface area (Å²) in [5.41, 5.74) is 2.39. The van der Waals surface area contributed by atoms with Crippen LogP contribution in [0, 0.1) is 5.41 Å². The molecule has 0 aliphatic heterocycles. The Hall–Kier alpha value is -2.43. The molecule has 1 unspecified atom stereocenters. The zero-order valence-corrected chi connectivity index (χ0v) is 13.1. The van der Waals surface area contributed by atoms with Crippen LogP contribution in [0.4, 0.5) is 5.82 Å². The predicted molar refractivity (Wildman–Crippen MR) is 86.8 cm³/mol. The van der Waals surface area contributed by atoms with Gasteiger partial charge < -0.3 is 4.90 Å². The van der Waals surface area contributed by atoms with Gasteiger partial charge in [-0.3, -0.25) is 0 Å². The van der Waals surface area contributed by atoms with Crippen LogP contribution in [-0.2, 0) is 0 Å². The van der Waals surface area contributed by atoms with Gasteiger partial charge in [0, 0.05) is 24.7 Å². The molecule has 3 aromatic rings. The quantitative estimate of drug-likeness (QED) is 0.744.